The highest BCUT2D eigenvalue weighted by molar-refractivity contribution is 5.55. The van der Waals surface area contributed by atoms with E-state index in [2.05, 4.69) is 15.3 Å². The van der Waals surface area contributed by atoms with Crippen molar-refractivity contribution in [2.24, 2.45) is 0 Å². The average Bonchev–Trinajstić information content (AvgIpc) is 2.34. The third-order valence-electron chi connectivity index (χ3n) is 2.14. The lowest BCUT2D eigenvalue weighted by atomic mass is 10.2. The second-order valence-electron chi connectivity index (χ2n) is 3.49. The highest BCUT2D eigenvalue weighted by Gasteiger charge is 2.04. The summed E-state index contributed by atoms with van der Waals surface area (Å²) in [6.07, 6.45) is 1.45. The van der Waals surface area contributed by atoms with E-state index in [0.717, 1.165) is 5.56 Å². The van der Waals surface area contributed by atoms with Crippen LogP contribution in [0.25, 0.3) is 0 Å². The van der Waals surface area contributed by atoms with Gasteiger partial charge in [-0.15, -0.1) is 0 Å². The van der Waals surface area contributed by atoms with E-state index >= 15 is 0 Å². The highest BCUT2D eigenvalue weighted by atomic mass is 19.1. The molecule has 5 heteroatoms. The predicted octanol–water partition coefficient (Wildman–Crippen LogP) is 2.54. The van der Waals surface area contributed by atoms with Crippen LogP contribution in [-0.2, 0) is 0 Å². The Labute approximate surface area is 97.8 Å². The van der Waals surface area contributed by atoms with Gasteiger partial charge in [0.2, 0.25) is 5.95 Å². The van der Waals surface area contributed by atoms with Crippen molar-refractivity contribution in [2.75, 3.05) is 5.32 Å². The van der Waals surface area contributed by atoms with Gasteiger partial charge in [0.1, 0.15) is 17.6 Å². The predicted molar refractivity (Wildman–Crippen MR) is 61.2 cm³/mol. The lowest BCUT2D eigenvalue weighted by Crippen LogP contribution is -2.00. The molecule has 0 saturated heterocycles. The van der Waals surface area contributed by atoms with Gasteiger partial charge in [0.25, 0.3) is 0 Å². The van der Waals surface area contributed by atoms with Gasteiger partial charge in [0.05, 0.1) is 5.69 Å². The first kappa shape index (κ1) is 11.0. The number of aryl methyl sites for hydroxylation is 1. The molecule has 2 aromatic rings. The van der Waals surface area contributed by atoms with Gasteiger partial charge in [-0.3, -0.25) is 0 Å². The molecule has 2 rings (SSSR count). The van der Waals surface area contributed by atoms with E-state index in [1.807, 2.05) is 13.0 Å². The molecule has 1 aromatic heterocycles. The Bertz CT molecular complexity index is 589. The molecule has 0 aliphatic rings. The standard InChI is InChI=1S/C12H9FN4/c1-8-2-3-10(13)11(6-8)17-12-15-5-4-9(7-14)16-12/h2-6H,1H3,(H,15,16,17). The van der Waals surface area contributed by atoms with Crippen molar-refractivity contribution < 1.29 is 4.39 Å². The van der Waals surface area contributed by atoms with Crippen LogP contribution in [-0.4, -0.2) is 9.97 Å². The van der Waals surface area contributed by atoms with Crippen LogP contribution in [0.1, 0.15) is 11.3 Å². The van der Waals surface area contributed by atoms with E-state index in [1.54, 1.807) is 12.1 Å². The fourth-order valence-electron chi connectivity index (χ4n) is 1.34. The third-order valence-corrected chi connectivity index (χ3v) is 2.14. The van der Waals surface area contributed by atoms with Crippen molar-refractivity contribution in [3.05, 3.63) is 47.5 Å². The Kier molecular flexibility index (Phi) is 2.97. The molecular weight excluding hydrogens is 219 g/mol. The SMILES string of the molecule is Cc1ccc(F)c(Nc2nccc(C#N)n2)c1. The van der Waals surface area contributed by atoms with Gasteiger partial charge >= 0.3 is 0 Å². The lowest BCUT2D eigenvalue weighted by Gasteiger charge is -2.06. The zero-order valence-electron chi connectivity index (χ0n) is 9.11. The van der Waals surface area contributed by atoms with Gasteiger partial charge in [-0.25, -0.2) is 14.4 Å². The topological polar surface area (TPSA) is 61.6 Å². The number of aromatic nitrogens is 2. The van der Waals surface area contributed by atoms with Gasteiger partial charge in [0, 0.05) is 6.20 Å². The highest BCUT2D eigenvalue weighted by Crippen LogP contribution is 2.18. The molecule has 0 aliphatic carbocycles. The summed E-state index contributed by atoms with van der Waals surface area (Å²) in [5, 5.41) is 11.4. The maximum absolute atomic E-state index is 13.5. The molecule has 0 fully saturated rings. The molecule has 1 heterocycles. The zero-order valence-corrected chi connectivity index (χ0v) is 9.11. The average molecular weight is 228 g/mol. The number of benzene rings is 1. The maximum Gasteiger partial charge on any atom is 0.228 e. The lowest BCUT2D eigenvalue weighted by molar-refractivity contribution is 0.631. The Balaban J connectivity index is 2.31. The van der Waals surface area contributed by atoms with Crippen LogP contribution in [0, 0.1) is 24.1 Å². The van der Waals surface area contributed by atoms with Crippen LogP contribution >= 0.6 is 0 Å². The number of rotatable bonds is 2. The zero-order chi connectivity index (χ0) is 12.3. The number of halogens is 1. The smallest absolute Gasteiger partial charge is 0.228 e. The van der Waals surface area contributed by atoms with E-state index in [1.165, 1.54) is 18.3 Å². The molecule has 84 valence electrons. The molecule has 0 aliphatic heterocycles. The Hall–Kier alpha value is -2.48. The number of nitriles is 1. The van der Waals surface area contributed by atoms with Crippen LogP contribution in [0.2, 0.25) is 0 Å². The van der Waals surface area contributed by atoms with E-state index in [0.29, 0.717) is 5.69 Å². The number of hydrogen-bond donors (Lipinski definition) is 1. The first-order chi connectivity index (χ1) is 8.19. The molecule has 1 N–H and O–H groups in total. The summed E-state index contributed by atoms with van der Waals surface area (Å²) in [4.78, 5) is 7.82. The minimum absolute atomic E-state index is 0.202. The molecule has 0 spiro atoms. The Morgan fingerprint density at radius 3 is 2.94 bits per heavy atom. The van der Waals surface area contributed by atoms with E-state index in [9.17, 15) is 4.39 Å². The summed E-state index contributed by atoms with van der Waals surface area (Å²) in [6, 6.07) is 8.07. The molecule has 0 unspecified atom stereocenters. The number of anilines is 2. The van der Waals surface area contributed by atoms with Crippen LogP contribution in [0.3, 0.4) is 0 Å². The molecule has 0 atom stereocenters. The molecule has 0 saturated carbocycles. The summed E-state index contributed by atoms with van der Waals surface area (Å²) in [7, 11) is 0. The summed E-state index contributed by atoms with van der Waals surface area (Å²) < 4.78 is 13.5. The van der Waals surface area contributed by atoms with Crippen molar-refractivity contribution in [1.82, 2.24) is 9.97 Å². The van der Waals surface area contributed by atoms with E-state index in [-0.39, 0.29) is 17.5 Å². The molecule has 0 bridgehead atoms. The summed E-state index contributed by atoms with van der Waals surface area (Å²) in [6.45, 7) is 1.86. The normalized spacial score (nSPS) is 9.71. The van der Waals surface area contributed by atoms with Gasteiger partial charge in [0.15, 0.2) is 0 Å². The fourth-order valence-corrected chi connectivity index (χ4v) is 1.34. The van der Waals surface area contributed by atoms with Crippen LogP contribution in [0.15, 0.2) is 30.5 Å². The third kappa shape index (κ3) is 2.55. The van der Waals surface area contributed by atoms with Crippen LogP contribution in [0.5, 0.6) is 0 Å². The van der Waals surface area contributed by atoms with Crippen molar-refractivity contribution in [2.45, 2.75) is 6.92 Å². The number of nitrogens with zero attached hydrogens (tertiary/aromatic N) is 3. The largest absolute Gasteiger partial charge is 0.322 e. The molecule has 4 nitrogen and oxygen atoms in total. The van der Waals surface area contributed by atoms with Crippen LogP contribution in [0.4, 0.5) is 16.0 Å². The molecule has 0 radical (unpaired) electrons. The van der Waals surface area contributed by atoms with Gasteiger partial charge in [-0.2, -0.15) is 5.26 Å². The minimum Gasteiger partial charge on any atom is -0.322 e. The Morgan fingerprint density at radius 1 is 1.35 bits per heavy atom. The van der Waals surface area contributed by atoms with Crippen molar-refractivity contribution in [3.8, 4) is 6.07 Å². The second kappa shape index (κ2) is 4.58. The van der Waals surface area contributed by atoms with E-state index < -0.39 is 0 Å². The Morgan fingerprint density at radius 2 is 2.18 bits per heavy atom. The van der Waals surface area contributed by atoms with Crippen molar-refractivity contribution in [3.63, 3.8) is 0 Å². The van der Waals surface area contributed by atoms with Crippen molar-refractivity contribution in [1.29, 1.82) is 5.26 Å². The van der Waals surface area contributed by atoms with E-state index in [4.69, 9.17) is 5.26 Å². The first-order valence-corrected chi connectivity index (χ1v) is 4.95. The maximum atomic E-state index is 13.5. The second-order valence-corrected chi connectivity index (χ2v) is 3.49. The first-order valence-electron chi connectivity index (χ1n) is 4.95. The molecule has 1 aromatic carbocycles. The van der Waals surface area contributed by atoms with Gasteiger partial charge in [-0.05, 0) is 30.7 Å². The quantitative estimate of drug-likeness (QED) is 0.857. The van der Waals surface area contributed by atoms with Crippen LogP contribution < -0.4 is 5.32 Å². The number of nitrogens with one attached hydrogen (secondary N) is 1. The van der Waals surface area contributed by atoms with Crippen molar-refractivity contribution >= 4 is 11.6 Å². The molecular formula is C12H9FN4. The molecule has 17 heavy (non-hydrogen) atoms. The minimum atomic E-state index is -0.387. The summed E-state index contributed by atoms with van der Waals surface area (Å²) in [5.74, 6) is -0.185. The fraction of sp³-hybridized carbons (Fsp3) is 0.0833. The number of hydrogen-bond acceptors (Lipinski definition) is 4. The summed E-state index contributed by atoms with van der Waals surface area (Å²) >= 11 is 0. The molecule has 0 amide bonds. The van der Waals surface area contributed by atoms with Gasteiger partial charge < -0.3 is 5.32 Å². The van der Waals surface area contributed by atoms with Gasteiger partial charge in [-0.1, -0.05) is 6.07 Å². The monoisotopic (exact) mass is 228 g/mol. The summed E-state index contributed by atoms with van der Waals surface area (Å²) in [5.41, 5.74) is 1.45.